The number of aryl methyl sites for hydroxylation is 4. The monoisotopic (exact) mass is 280 g/mol. The Bertz CT molecular complexity index is 830. The van der Waals surface area contributed by atoms with Gasteiger partial charge in [-0.15, -0.1) is 0 Å². The van der Waals surface area contributed by atoms with Crippen molar-refractivity contribution in [3.05, 3.63) is 52.6 Å². The molecule has 108 valence electrons. The largest absolute Gasteiger partial charge is 0.326 e. The second-order valence-corrected chi connectivity index (χ2v) is 5.59. The maximum Gasteiger partial charge on any atom is 0.100 e. The van der Waals surface area contributed by atoms with Crippen molar-refractivity contribution in [2.45, 2.75) is 34.2 Å². The van der Waals surface area contributed by atoms with Crippen LogP contribution in [0.5, 0.6) is 0 Å². The topological polar surface area (TPSA) is 56.7 Å². The fourth-order valence-corrected chi connectivity index (χ4v) is 2.76. The van der Waals surface area contributed by atoms with E-state index in [2.05, 4.69) is 46.6 Å². The van der Waals surface area contributed by atoms with E-state index in [1.54, 1.807) is 0 Å². The van der Waals surface area contributed by atoms with Gasteiger partial charge in [0.05, 0.1) is 16.7 Å². The predicted octanol–water partition coefficient (Wildman–Crippen LogP) is 3.11. The first-order valence-electron chi connectivity index (χ1n) is 7.13. The van der Waals surface area contributed by atoms with Gasteiger partial charge in [0, 0.05) is 23.5 Å². The van der Waals surface area contributed by atoms with Crippen LogP contribution in [0.2, 0.25) is 0 Å². The first-order valence-corrected chi connectivity index (χ1v) is 7.13. The fourth-order valence-electron chi connectivity index (χ4n) is 2.76. The molecule has 0 saturated heterocycles. The maximum atomic E-state index is 5.93. The van der Waals surface area contributed by atoms with E-state index in [9.17, 15) is 0 Å². The third kappa shape index (κ3) is 2.21. The summed E-state index contributed by atoms with van der Waals surface area (Å²) in [4.78, 5) is 9.05. The molecule has 4 heteroatoms. The minimum Gasteiger partial charge on any atom is -0.326 e. The summed E-state index contributed by atoms with van der Waals surface area (Å²) in [5.41, 5.74) is 14.7. The summed E-state index contributed by atoms with van der Waals surface area (Å²) in [6.45, 7) is 8.72. The molecule has 0 radical (unpaired) electrons. The number of hydrogen-bond acceptors (Lipinski definition) is 3. The average molecular weight is 280 g/mol. The molecule has 0 bridgehead atoms. The van der Waals surface area contributed by atoms with E-state index in [-0.39, 0.29) is 0 Å². The van der Waals surface area contributed by atoms with E-state index < -0.39 is 0 Å². The zero-order chi connectivity index (χ0) is 15.1. The molecule has 1 aromatic carbocycles. The molecule has 0 aliphatic carbocycles. The Morgan fingerprint density at radius 3 is 2.48 bits per heavy atom. The van der Waals surface area contributed by atoms with Crippen molar-refractivity contribution < 1.29 is 0 Å². The molecule has 3 aromatic rings. The van der Waals surface area contributed by atoms with E-state index in [4.69, 9.17) is 5.73 Å². The number of imidazole rings is 1. The van der Waals surface area contributed by atoms with Crippen molar-refractivity contribution in [3.63, 3.8) is 0 Å². The quantitative estimate of drug-likeness (QED) is 0.784. The standard InChI is InChI=1S/C17H20N4/c1-10-5-15-17(6-11(10)2)21(9-19-15)16-7-12(3)20-13(4)14(16)8-18/h5-7,9H,8,18H2,1-4H3. The van der Waals surface area contributed by atoms with Crippen LogP contribution in [-0.2, 0) is 6.54 Å². The number of benzene rings is 1. The molecule has 0 unspecified atom stereocenters. The molecule has 0 spiro atoms. The van der Waals surface area contributed by atoms with Gasteiger partial charge in [-0.25, -0.2) is 4.98 Å². The number of aromatic nitrogens is 3. The van der Waals surface area contributed by atoms with Crippen molar-refractivity contribution in [3.8, 4) is 5.69 Å². The Kier molecular flexibility index (Phi) is 3.26. The van der Waals surface area contributed by atoms with Crippen molar-refractivity contribution in [2.24, 2.45) is 5.73 Å². The molecule has 0 atom stereocenters. The predicted molar refractivity (Wildman–Crippen MR) is 85.7 cm³/mol. The van der Waals surface area contributed by atoms with Crippen LogP contribution in [0.25, 0.3) is 16.7 Å². The van der Waals surface area contributed by atoms with E-state index in [0.717, 1.165) is 33.7 Å². The highest BCUT2D eigenvalue weighted by molar-refractivity contribution is 5.79. The summed E-state index contributed by atoms with van der Waals surface area (Å²) >= 11 is 0. The van der Waals surface area contributed by atoms with E-state index in [0.29, 0.717) is 6.54 Å². The lowest BCUT2D eigenvalue weighted by Crippen LogP contribution is -2.08. The summed E-state index contributed by atoms with van der Waals surface area (Å²) in [6.07, 6.45) is 1.87. The molecular weight excluding hydrogens is 260 g/mol. The van der Waals surface area contributed by atoms with Gasteiger partial charge in [0.2, 0.25) is 0 Å². The molecule has 0 aliphatic heterocycles. The number of fused-ring (bicyclic) bond motifs is 1. The highest BCUT2D eigenvalue weighted by Crippen LogP contribution is 2.25. The van der Waals surface area contributed by atoms with Crippen LogP contribution in [0.4, 0.5) is 0 Å². The number of nitrogens with zero attached hydrogens (tertiary/aromatic N) is 3. The van der Waals surface area contributed by atoms with Crippen molar-refractivity contribution >= 4 is 11.0 Å². The van der Waals surface area contributed by atoms with Crippen LogP contribution in [0, 0.1) is 27.7 Å². The lowest BCUT2D eigenvalue weighted by atomic mass is 10.1. The lowest BCUT2D eigenvalue weighted by molar-refractivity contribution is 0.941. The Morgan fingerprint density at radius 1 is 1.05 bits per heavy atom. The molecule has 21 heavy (non-hydrogen) atoms. The minimum atomic E-state index is 0.471. The second kappa shape index (κ2) is 4.97. The Morgan fingerprint density at radius 2 is 1.76 bits per heavy atom. The number of hydrogen-bond donors (Lipinski definition) is 1. The van der Waals surface area contributed by atoms with Gasteiger partial charge in [0.25, 0.3) is 0 Å². The van der Waals surface area contributed by atoms with Crippen LogP contribution < -0.4 is 5.73 Å². The fraction of sp³-hybridized carbons (Fsp3) is 0.294. The van der Waals surface area contributed by atoms with Crippen LogP contribution >= 0.6 is 0 Å². The summed E-state index contributed by atoms with van der Waals surface area (Å²) in [7, 11) is 0. The first kappa shape index (κ1) is 13.8. The third-order valence-corrected chi connectivity index (χ3v) is 4.06. The second-order valence-electron chi connectivity index (χ2n) is 5.59. The molecule has 0 fully saturated rings. The smallest absolute Gasteiger partial charge is 0.100 e. The van der Waals surface area contributed by atoms with Crippen LogP contribution in [0.3, 0.4) is 0 Å². The summed E-state index contributed by atoms with van der Waals surface area (Å²) in [6, 6.07) is 6.39. The van der Waals surface area contributed by atoms with E-state index >= 15 is 0 Å². The molecule has 0 aliphatic rings. The highest BCUT2D eigenvalue weighted by Gasteiger charge is 2.12. The van der Waals surface area contributed by atoms with Crippen LogP contribution in [0.15, 0.2) is 24.5 Å². The number of rotatable bonds is 2. The van der Waals surface area contributed by atoms with Gasteiger partial charge in [-0.2, -0.15) is 0 Å². The molecule has 0 amide bonds. The summed E-state index contributed by atoms with van der Waals surface area (Å²) < 4.78 is 2.12. The van der Waals surface area contributed by atoms with Crippen LogP contribution in [0.1, 0.15) is 28.1 Å². The summed E-state index contributed by atoms with van der Waals surface area (Å²) in [5, 5.41) is 0. The average Bonchev–Trinajstić information content (AvgIpc) is 2.81. The van der Waals surface area contributed by atoms with Crippen molar-refractivity contribution in [1.29, 1.82) is 0 Å². The minimum absolute atomic E-state index is 0.471. The summed E-state index contributed by atoms with van der Waals surface area (Å²) in [5.74, 6) is 0. The highest BCUT2D eigenvalue weighted by atomic mass is 15.1. The van der Waals surface area contributed by atoms with Gasteiger partial charge in [-0.1, -0.05) is 0 Å². The molecule has 0 saturated carbocycles. The molecule has 2 N–H and O–H groups in total. The van der Waals surface area contributed by atoms with Gasteiger partial charge < -0.3 is 5.73 Å². The molecular formula is C17H20N4. The van der Waals surface area contributed by atoms with Crippen molar-refractivity contribution in [2.75, 3.05) is 0 Å². The molecule has 3 rings (SSSR count). The maximum absolute atomic E-state index is 5.93. The van der Waals surface area contributed by atoms with Crippen molar-refractivity contribution in [1.82, 2.24) is 14.5 Å². The molecule has 2 heterocycles. The van der Waals surface area contributed by atoms with Gasteiger partial charge >= 0.3 is 0 Å². The van der Waals surface area contributed by atoms with Gasteiger partial charge in [0.1, 0.15) is 6.33 Å². The van der Waals surface area contributed by atoms with E-state index in [1.807, 2.05) is 20.2 Å². The van der Waals surface area contributed by atoms with Gasteiger partial charge in [0.15, 0.2) is 0 Å². The van der Waals surface area contributed by atoms with Gasteiger partial charge in [-0.05, 0) is 57.0 Å². The van der Waals surface area contributed by atoms with Crippen LogP contribution in [-0.4, -0.2) is 14.5 Å². The third-order valence-electron chi connectivity index (χ3n) is 4.06. The Balaban J connectivity index is 2.33. The Hall–Kier alpha value is -2.20. The Labute approximate surface area is 124 Å². The van der Waals surface area contributed by atoms with Gasteiger partial charge in [-0.3, -0.25) is 9.55 Å². The number of pyridine rings is 1. The molecule has 4 nitrogen and oxygen atoms in total. The molecule has 2 aromatic heterocycles. The zero-order valence-electron chi connectivity index (χ0n) is 12.9. The SMILES string of the molecule is Cc1cc(-n2cnc3cc(C)c(C)cc32)c(CN)c(C)n1. The number of nitrogens with two attached hydrogens (primary N) is 1. The first-order chi connectivity index (χ1) is 10.0. The zero-order valence-corrected chi connectivity index (χ0v) is 12.9. The van der Waals surface area contributed by atoms with E-state index in [1.165, 1.54) is 11.1 Å². The normalized spacial score (nSPS) is 11.3. The lowest BCUT2D eigenvalue weighted by Gasteiger charge is -2.14.